The summed E-state index contributed by atoms with van der Waals surface area (Å²) in [4.78, 5) is 25.3. The van der Waals surface area contributed by atoms with Crippen LogP contribution in [0.15, 0.2) is 47.3 Å². The Bertz CT molecular complexity index is 880. The van der Waals surface area contributed by atoms with Crippen LogP contribution in [0.25, 0.3) is 16.7 Å². The van der Waals surface area contributed by atoms with Gasteiger partial charge < -0.3 is 10.1 Å². The molecule has 3 rings (SSSR count). The summed E-state index contributed by atoms with van der Waals surface area (Å²) >= 11 is 0. The summed E-state index contributed by atoms with van der Waals surface area (Å²) in [7, 11) is 0. The van der Waals surface area contributed by atoms with Gasteiger partial charge in [0.15, 0.2) is 0 Å². The van der Waals surface area contributed by atoms with Crippen LogP contribution in [0, 0.1) is 5.82 Å². The van der Waals surface area contributed by atoms with Gasteiger partial charge in [-0.3, -0.25) is 4.57 Å². The Hall–Kier alpha value is -2.89. The van der Waals surface area contributed by atoms with E-state index >= 15 is 0 Å². The van der Waals surface area contributed by atoms with Gasteiger partial charge in [0.2, 0.25) is 0 Å². The molecule has 1 aromatic heterocycles. The number of rotatable bonds is 2. The third kappa shape index (κ3) is 1.78. The van der Waals surface area contributed by atoms with E-state index in [1.807, 2.05) is 0 Å². The van der Waals surface area contributed by atoms with Crippen molar-refractivity contribution in [2.24, 2.45) is 0 Å². The lowest BCUT2D eigenvalue weighted by atomic mass is 10.2. The molecule has 6 heteroatoms. The molecule has 0 fully saturated rings. The van der Waals surface area contributed by atoms with Gasteiger partial charge in [-0.2, -0.15) is 0 Å². The summed E-state index contributed by atoms with van der Waals surface area (Å²) in [6.07, 6.45) is 0. The molecule has 0 radical (unpaired) electrons. The number of halogens is 1. The zero-order valence-corrected chi connectivity index (χ0v) is 10.1. The first-order valence-electron chi connectivity index (χ1n) is 5.81. The van der Waals surface area contributed by atoms with Crippen molar-refractivity contribution in [2.75, 3.05) is 0 Å². The fourth-order valence-electron chi connectivity index (χ4n) is 2.12. The van der Waals surface area contributed by atoms with Crippen molar-refractivity contribution in [1.29, 1.82) is 0 Å². The van der Waals surface area contributed by atoms with Gasteiger partial charge in [0.05, 0.1) is 22.3 Å². The summed E-state index contributed by atoms with van der Waals surface area (Å²) in [5.74, 6) is -1.99. The second-order valence-corrected chi connectivity index (χ2v) is 4.25. The maximum atomic E-state index is 14.0. The van der Waals surface area contributed by atoms with Crippen LogP contribution in [0.5, 0.6) is 0 Å². The number of aromatic amines is 1. The smallest absolute Gasteiger partial charge is 0.335 e. The predicted molar refractivity (Wildman–Crippen MR) is 70.8 cm³/mol. The maximum absolute atomic E-state index is 14.0. The number of nitrogens with zero attached hydrogens (tertiary/aromatic N) is 1. The van der Waals surface area contributed by atoms with Crippen molar-refractivity contribution < 1.29 is 14.3 Å². The molecule has 3 aromatic rings. The third-order valence-electron chi connectivity index (χ3n) is 3.03. The molecule has 0 aliphatic carbocycles. The van der Waals surface area contributed by atoms with E-state index in [4.69, 9.17) is 5.11 Å². The van der Waals surface area contributed by atoms with Gasteiger partial charge in [0.1, 0.15) is 5.82 Å². The van der Waals surface area contributed by atoms with E-state index in [1.54, 1.807) is 24.3 Å². The molecule has 0 aliphatic heterocycles. The average molecular weight is 272 g/mol. The monoisotopic (exact) mass is 272 g/mol. The van der Waals surface area contributed by atoms with Crippen LogP contribution in [0.1, 0.15) is 10.4 Å². The molecule has 0 unspecified atom stereocenters. The number of para-hydroxylation sites is 2. The highest BCUT2D eigenvalue weighted by molar-refractivity contribution is 5.88. The van der Waals surface area contributed by atoms with Crippen molar-refractivity contribution >= 4 is 17.0 Å². The molecule has 0 saturated heterocycles. The van der Waals surface area contributed by atoms with E-state index < -0.39 is 17.5 Å². The number of aromatic nitrogens is 2. The zero-order valence-electron chi connectivity index (χ0n) is 10.1. The minimum absolute atomic E-state index is 0.0115. The molecular formula is C14H9FN2O3. The number of hydrogen-bond donors (Lipinski definition) is 2. The number of carbonyl (C=O) groups is 1. The Morgan fingerprint density at radius 3 is 2.65 bits per heavy atom. The lowest BCUT2D eigenvalue weighted by Crippen LogP contribution is -2.16. The molecule has 5 nitrogen and oxygen atoms in total. The molecule has 20 heavy (non-hydrogen) atoms. The Kier molecular flexibility index (Phi) is 2.64. The Labute approximate surface area is 111 Å². The normalized spacial score (nSPS) is 10.8. The van der Waals surface area contributed by atoms with Crippen LogP contribution in [0.3, 0.4) is 0 Å². The number of imidazole rings is 1. The van der Waals surface area contributed by atoms with E-state index in [0.717, 1.165) is 6.07 Å². The summed E-state index contributed by atoms with van der Waals surface area (Å²) in [6, 6.07) is 10.3. The third-order valence-corrected chi connectivity index (χ3v) is 3.03. The van der Waals surface area contributed by atoms with E-state index in [0.29, 0.717) is 11.0 Å². The van der Waals surface area contributed by atoms with E-state index in [-0.39, 0.29) is 11.3 Å². The summed E-state index contributed by atoms with van der Waals surface area (Å²) in [5, 5.41) is 8.82. The highest BCUT2D eigenvalue weighted by Crippen LogP contribution is 2.19. The summed E-state index contributed by atoms with van der Waals surface area (Å²) < 4.78 is 15.2. The van der Waals surface area contributed by atoms with Crippen molar-refractivity contribution in [3.63, 3.8) is 0 Å². The molecule has 0 bridgehead atoms. The first kappa shape index (κ1) is 12.2. The van der Waals surface area contributed by atoms with E-state index in [9.17, 15) is 14.0 Å². The molecule has 0 spiro atoms. The van der Waals surface area contributed by atoms with Crippen LogP contribution in [-0.2, 0) is 0 Å². The first-order chi connectivity index (χ1) is 9.58. The van der Waals surface area contributed by atoms with Crippen LogP contribution in [0.4, 0.5) is 4.39 Å². The van der Waals surface area contributed by atoms with Gasteiger partial charge in [-0.25, -0.2) is 14.0 Å². The minimum Gasteiger partial charge on any atom is -0.478 e. The molecular weight excluding hydrogens is 263 g/mol. The Morgan fingerprint density at radius 2 is 1.95 bits per heavy atom. The molecule has 0 saturated carbocycles. The van der Waals surface area contributed by atoms with Gasteiger partial charge in [0, 0.05) is 0 Å². The number of hydrogen-bond acceptors (Lipinski definition) is 2. The van der Waals surface area contributed by atoms with Gasteiger partial charge in [-0.15, -0.1) is 0 Å². The molecule has 2 aromatic carbocycles. The largest absolute Gasteiger partial charge is 0.478 e. The number of carboxylic acid groups (broad SMARTS) is 1. The zero-order chi connectivity index (χ0) is 14.3. The Balaban J connectivity index is 2.29. The van der Waals surface area contributed by atoms with Crippen LogP contribution < -0.4 is 5.69 Å². The average Bonchev–Trinajstić information content (AvgIpc) is 2.74. The summed E-state index contributed by atoms with van der Waals surface area (Å²) in [6.45, 7) is 0. The highest BCUT2D eigenvalue weighted by atomic mass is 19.1. The van der Waals surface area contributed by atoms with Gasteiger partial charge in [-0.1, -0.05) is 12.1 Å². The van der Waals surface area contributed by atoms with Crippen LogP contribution >= 0.6 is 0 Å². The van der Waals surface area contributed by atoms with Gasteiger partial charge in [0.25, 0.3) is 0 Å². The standard InChI is InChI=1S/C14H9FN2O3/c15-9-7-8(13(18)19)5-6-11(9)17-12-4-2-1-3-10(12)16-14(17)20/h1-7H,(H,16,20)(H,18,19). The van der Waals surface area contributed by atoms with Gasteiger partial charge in [-0.05, 0) is 30.3 Å². The number of H-pyrrole nitrogens is 1. The lowest BCUT2D eigenvalue weighted by molar-refractivity contribution is 0.0696. The molecule has 1 heterocycles. The van der Waals surface area contributed by atoms with Crippen molar-refractivity contribution in [2.45, 2.75) is 0 Å². The fraction of sp³-hybridized carbons (Fsp3) is 0. The molecule has 100 valence electrons. The van der Waals surface area contributed by atoms with Crippen LogP contribution in [0.2, 0.25) is 0 Å². The number of fused-ring (bicyclic) bond motifs is 1. The van der Waals surface area contributed by atoms with Crippen molar-refractivity contribution in [3.05, 3.63) is 64.3 Å². The second kappa shape index (κ2) is 4.34. The van der Waals surface area contributed by atoms with Crippen molar-refractivity contribution in [3.8, 4) is 5.69 Å². The molecule has 0 amide bonds. The van der Waals surface area contributed by atoms with E-state index in [1.165, 1.54) is 16.7 Å². The quantitative estimate of drug-likeness (QED) is 0.750. The molecule has 0 atom stereocenters. The molecule has 2 N–H and O–H groups in total. The minimum atomic E-state index is -1.22. The predicted octanol–water partition coefficient (Wildman–Crippen LogP) is 2.16. The van der Waals surface area contributed by atoms with Gasteiger partial charge >= 0.3 is 11.7 Å². The maximum Gasteiger partial charge on any atom is 0.335 e. The van der Waals surface area contributed by atoms with Crippen molar-refractivity contribution in [1.82, 2.24) is 9.55 Å². The first-order valence-corrected chi connectivity index (χ1v) is 5.81. The van der Waals surface area contributed by atoms with Crippen LogP contribution in [-0.4, -0.2) is 20.6 Å². The number of benzene rings is 2. The second-order valence-electron chi connectivity index (χ2n) is 4.25. The topological polar surface area (TPSA) is 75.1 Å². The molecule has 0 aliphatic rings. The highest BCUT2D eigenvalue weighted by Gasteiger charge is 2.14. The fourth-order valence-corrected chi connectivity index (χ4v) is 2.12. The van der Waals surface area contributed by atoms with E-state index in [2.05, 4.69) is 4.98 Å². The number of nitrogens with one attached hydrogen (secondary N) is 1. The lowest BCUT2D eigenvalue weighted by Gasteiger charge is -2.05. The SMILES string of the molecule is O=C(O)c1ccc(-n2c(=O)[nH]c3ccccc32)c(F)c1. The Morgan fingerprint density at radius 1 is 1.20 bits per heavy atom. The number of aromatic carboxylic acids is 1. The number of carboxylic acids is 1. The summed E-state index contributed by atoms with van der Waals surface area (Å²) in [5.41, 5.74) is 0.475.